The molecule has 94 valence electrons. The molecule has 0 radical (unpaired) electrons. The lowest BCUT2D eigenvalue weighted by molar-refractivity contribution is -0.0680. The Morgan fingerprint density at radius 2 is 2.18 bits per heavy atom. The second-order valence-electron chi connectivity index (χ2n) is 4.62. The fourth-order valence-corrected chi connectivity index (χ4v) is 2.44. The third-order valence-corrected chi connectivity index (χ3v) is 3.23. The van der Waals surface area contributed by atoms with Crippen molar-refractivity contribution in [2.24, 2.45) is 5.73 Å². The second kappa shape index (κ2) is 6.15. The van der Waals surface area contributed by atoms with E-state index in [9.17, 15) is 0 Å². The van der Waals surface area contributed by atoms with E-state index in [4.69, 9.17) is 10.5 Å². The molecule has 1 fully saturated rings. The zero-order valence-corrected chi connectivity index (χ0v) is 10.5. The maximum absolute atomic E-state index is 6.04. The van der Waals surface area contributed by atoms with E-state index >= 15 is 0 Å². The van der Waals surface area contributed by atoms with Crippen LogP contribution in [0, 0.1) is 0 Å². The highest BCUT2D eigenvalue weighted by atomic mass is 16.5. The Morgan fingerprint density at radius 1 is 1.41 bits per heavy atom. The number of ether oxygens (including phenoxy) is 1. The van der Waals surface area contributed by atoms with Crippen LogP contribution in [0.1, 0.15) is 31.6 Å². The normalized spacial score (nSPS) is 23.5. The smallest absolute Gasteiger partial charge is 0.136 e. The first-order valence-electron chi connectivity index (χ1n) is 6.47. The van der Waals surface area contributed by atoms with Gasteiger partial charge < -0.3 is 10.5 Å². The van der Waals surface area contributed by atoms with E-state index < -0.39 is 0 Å². The first kappa shape index (κ1) is 12.6. The maximum Gasteiger partial charge on any atom is 0.136 e. The summed E-state index contributed by atoms with van der Waals surface area (Å²) in [4.78, 5) is 2.35. The van der Waals surface area contributed by atoms with Crippen LogP contribution in [0.5, 0.6) is 0 Å². The summed E-state index contributed by atoms with van der Waals surface area (Å²) >= 11 is 0. The number of likely N-dealkylation sites (tertiary alicyclic amines) is 1. The molecule has 1 aromatic carbocycles. The monoisotopic (exact) mass is 234 g/mol. The van der Waals surface area contributed by atoms with Gasteiger partial charge in [-0.1, -0.05) is 30.3 Å². The molecule has 2 N–H and O–H groups in total. The van der Waals surface area contributed by atoms with Crippen LogP contribution in [-0.4, -0.2) is 30.6 Å². The van der Waals surface area contributed by atoms with Gasteiger partial charge in [0.15, 0.2) is 0 Å². The molecule has 3 heteroatoms. The Hall–Kier alpha value is -0.900. The van der Waals surface area contributed by atoms with Gasteiger partial charge in [-0.3, -0.25) is 4.90 Å². The van der Waals surface area contributed by atoms with Crippen molar-refractivity contribution in [3.8, 4) is 0 Å². The zero-order chi connectivity index (χ0) is 12.1. The van der Waals surface area contributed by atoms with Crippen molar-refractivity contribution >= 4 is 0 Å². The Kier molecular flexibility index (Phi) is 4.54. The minimum absolute atomic E-state index is 0.0625. The number of hydrogen-bond acceptors (Lipinski definition) is 3. The largest absolute Gasteiger partial charge is 0.359 e. The summed E-state index contributed by atoms with van der Waals surface area (Å²) in [6.45, 7) is 4.78. The Labute approximate surface area is 104 Å². The van der Waals surface area contributed by atoms with Crippen LogP contribution >= 0.6 is 0 Å². The summed E-state index contributed by atoms with van der Waals surface area (Å²) in [6, 6.07) is 10.7. The van der Waals surface area contributed by atoms with Gasteiger partial charge in [-0.05, 0) is 25.3 Å². The minimum Gasteiger partial charge on any atom is -0.359 e. The van der Waals surface area contributed by atoms with E-state index in [0.29, 0.717) is 0 Å². The Balaban J connectivity index is 2.11. The quantitative estimate of drug-likeness (QED) is 0.867. The zero-order valence-electron chi connectivity index (χ0n) is 10.5. The predicted molar refractivity (Wildman–Crippen MR) is 69.6 cm³/mol. The van der Waals surface area contributed by atoms with Crippen molar-refractivity contribution in [3.63, 3.8) is 0 Å². The summed E-state index contributed by atoms with van der Waals surface area (Å²) in [6.07, 6.45) is 2.36. The van der Waals surface area contributed by atoms with Crippen LogP contribution in [0.4, 0.5) is 0 Å². The average Bonchev–Trinajstić information content (AvgIpc) is 2.37. The van der Waals surface area contributed by atoms with Gasteiger partial charge in [-0.15, -0.1) is 0 Å². The standard InChI is InChI=1S/C14H22N2O/c1-2-17-14(12-7-4-3-5-8-12)16-10-6-9-13(15)11-16/h3-5,7-8,13-14H,2,6,9-11,15H2,1H3. The van der Waals surface area contributed by atoms with E-state index in [-0.39, 0.29) is 12.3 Å². The van der Waals surface area contributed by atoms with Crippen LogP contribution in [0.15, 0.2) is 30.3 Å². The average molecular weight is 234 g/mol. The van der Waals surface area contributed by atoms with Crippen LogP contribution in [0.2, 0.25) is 0 Å². The molecule has 0 saturated carbocycles. The number of hydrogen-bond donors (Lipinski definition) is 1. The highest BCUT2D eigenvalue weighted by Crippen LogP contribution is 2.25. The van der Waals surface area contributed by atoms with E-state index in [2.05, 4.69) is 29.2 Å². The SMILES string of the molecule is CCOC(c1ccccc1)N1CCCC(N)C1. The van der Waals surface area contributed by atoms with Gasteiger partial charge >= 0.3 is 0 Å². The van der Waals surface area contributed by atoms with Gasteiger partial charge in [0.05, 0.1) is 0 Å². The highest BCUT2D eigenvalue weighted by molar-refractivity contribution is 5.17. The van der Waals surface area contributed by atoms with Crippen molar-refractivity contribution in [3.05, 3.63) is 35.9 Å². The number of nitrogens with zero attached hydrogens (tertiary/aromatic N) is 1. The van der Waals surface area contributed by atoms with Crippen LogP contribution in [0.3, 0.4) is 0 Å². The summed E-state index contributed by atoms with van der Waals surface area (Å²) in [5.41, 5.74) is 7.27. The molecule has 2 rings (SSSR count). The third-order valence-electron chi connectivity index (χ3n) is 3.23. The van der Waals surface area contributed by atoms with Crippen molar-refractivity contribution < 1.29 is 4.74 Å². The number of piperidine rings is 1. The van der Waals surface area contributed by atoms with Crippen LogP contribution < -0.4 is 5.73 Å². The molecule has 2 unspecified atom stereocenters. The van der Waals surface area contributed by atoms with Gasteiger partial charge in [-0.25, -0.2) is 0 Å². The van der Waals surface area contributed by atoms with E-state index in [0.717, 1.165) is 32.5 Å². The van der Waals surface area contributed by atoms with E-state index in [1.807, 2.05) is 13.0 Å². The molecular weight excluding hydrogens is 212 g/mol. The molecule has 2 atom stereocenters. The molecule has 1 aliphatic rings. The summed E-state index contributed by atoms with van der Waals surface area (Å²) in [5, 5.41) is 0. The lowest BCUT2D eigenvalue weighted by Gasteiger charge is -2.36. The maximum atomic E-state index is 6.04. The van der Waals surface area contributed by atoms with Gasteiger partial charge in [0.25, 0.3) is 0 Å². The lowest BCUT2D eigenvalue weighted by Crippen LogP contribution is -2.45. The number of benzene rings is 1. The van der Waals surface area contributed by atoms with Gasteiger partial charge in [0.1, 0.15) is 6.23 Å². The topological polar surface area (TPSA) is 38.5 Å². The lowest BCUT2D eigenvalue weighted by atomic mass is 10.0. The summed E-state index contributed by atoms with van der Waals surface area (Å²) in [5.74, 6) is 0. The molecule has 1 aliphatic heterocycles. The summed E-state index contributed by atoms with van der Waals surface area (Å²) < 4.78 is 5.89. The van der Waals surface area contributed by atoms with Crippen molar-refractivity contribution in [1.29, 1.82) is 0 Å². The first-order valence-corrected chi connectivity index (χ1v) is 6.47. The van der Waals surface area contributed by atoms with E-state index in [1.54, 1.807) is 0 Å². The van der Waals surface area contributed by atoms with E-state index in [1.165, 1.54) is 5.56 Å². The second-order valence-corrected chi connectivity index (χ2v) is 4.62. The molecule has 17 heavy (non-hydrogen) atoms. The fourth-order valence-electron chi connectivity index (χ4n) is 2.44. The molecule has 0 aromatic heterocycles. The molecule has 3 nitrogen and oxygen atoms in total. The predicted octanol–water partition coefficient (Wildman–Crippen LogP) is 2.14. The van der Waals surface area contributed by atoms with Crippen LogP contribution in [-0.2, 0) is 4.74 Å². The molecule has 0 aliphatic carbocycles. The van der Waals surface area contributed by atoms with Crippen LogP contribution in [0.25, 0.3) is 0 Å². The summed E-state index contributed by atoms with van der Waals surface area (Å²) in [7, 11) is 0. The van der Waals surface area contributed by atoms with Gasteiger partial charge in [-0.2, -0.15) is 0 Å². The van der Waals surface area contributed by atoms with Crippen molar-refractivity contribution in [2.75, 3.05) is 19.7 Å². The minimum atomic E-state index is 0.0625. The molecular formula is C14H22N2O. The number of rotatable bonds is 4. The number of nitrogens with two attached hydrogens (primary N) is 1. The molecule has 1 saturated heterocycles. The third kappa shape index (κ3) is 3.28. The molecule has 0 spiro atoms. The molecule has 1 heterocycles. The Bertz CT molecular complexity index is 328. The highest BCUT2D eigenvalue weighted by Gasteiger charge is 2.25. The first-order chi connectivity index (χ1) is 8.31. The van der Waals surface area contributed by atoms with Gasteiger partial charge in [0, 0.05) is 25.7 Å². The fraction of sp³-hybridized carbons (Fsp3) is 0.571. The molecule has 0 bridgehead atoms. The van der Waals surface area contributed by atoms with Gasteiger partial charge in [0.2, 0.25) is 0 Å². The van der Waals surface area contributed by atoms with Crippen molar-refractivity contribution in [2.45, 2.75) is 32.0 Å². The Morgan fingerprint density at radius 3 is 2.82 bits per heavy atom. The molecule has 1 aromatic rings. The van der Waals surface area contributed by atoms with Crippen molar-refractivity contribution in [1.82, 2.24) is 4.90 Å². The molecule has 0 amide bonds.